The van der Waals surface area contributed by atoms with Crippen LogP contribution in [0.3, 0.4) is 0 Å². The summed E-state index contributed by atoms with van der Waals surface area (Å²) in [5.74, 6) is 1.19. The van der Waals surface area contributed by atoms with Crippen molar-refractivity contribution in [2.45, 2.75) is 6.92 Å². The Labute approximate surface area is 89.3 Å². The molecular formula is C12H14O3. The highest BCUT2D eigenvalue weighted by Crippen LogP contribution is 2.22. The Balaban J connectivity index is 2.87. The molecular weight excluding hydrogens is 192 g/mol. The van der Waals surface area contributed by atoms with Gasteiger partial charge in [-0.05, 0) is 30.7 Å². The minimum Gasteiger partial charge on any atom is -0.497 e. The number of methoxy groups -OCH3 is 1. The Morgan fingerprint density at radius 2 is 2.27 bits per heavy atom. The summed E-state index contributed by atoms with van der Waals surface area (Å²) in [4.78, 5) is 10.8. The van der Waals surface area contributed by atoms with Crippen molar-refractivity contribution in [3.63, 3.8) is 0 Å². The summed E-state index contributed by atoms with van der Waals surface area (Å²) in [6.45, 7) is 6.00. The molecule has 1 rings (SSSR count). The van der Waals surface area contributed by atoms with Gasteiger partial charge in [0.2, 0.25) is 0 Å². The standard InChI is InChI=1S/C12H14O3/c1-9(2)8-15-12-5-4-11(14-3)6-10(12)7-13/h4-7H,1,8H2,2-3H3. The van der Waals surface area contributed by atoms with Gasteiger partial charge in [0.05, 0.1) is 12.7 Å². The van der Waals surface area contributed by atoms with Gasteiger partial charge < -0.3 is 9.47 Å². The van der Waals surface area contributed by atoms with Crippen LogP contribution in [0, 0.1) is 0 Å². The molecule has 0 aliphatic heterocycles. The van der Waals surface area contributed by atoms with E-state index in [2.05, 4.69) is 6.58 Å². The summed E-state index contributed by atoms with van der Waals surface area (Å²) in [6.07, 6.45) is 0.746. The quantitative estimate of drug-likeness (QED) is 0.548. The fourth-order valence-electron chi connectivity index (χ4n) is 1.08. The first-order valence-electron chi connectivity index (χ1n) is 4.57. The summed E-state index contributed by atoms with van der Waals surface area (Å²) in [5, 5.41) is 0. The number of hydrogen-bond donors (Lipinski definition) is 0. The third-order valence-electron chi connectivity index (χ3n) is 1.82. The van der Waals surface area contributed by atoms with E-state index in [9.17, 15) is 4.79 Å². The highest BCUT2D eigenvalue weighted by Gasteiger charge is 2.04. The van der Waals surface area contributed by atoms with Crippen LogP contribution < -0.4 is 9.47 Å². The molecule has 3 nitrogen and oxygen atoms in total. The number of benzene rings is 1. The van der Waals surface area contributed by atoms with Gasteiger partial charge in [-0.2, -0.15) is 0 Å². The van der Waals surface area contributed by atoms with Gasteiger partial charge in [-0.1, -0.05) is 6.58 Å². The molecule has 0 fully saturated rings. The first kappa shape index (κ1) is 11.3. The maximum atomic E-state index is 10.8. The Bertz CT molecular complexity index is 369. The molecule has 0 radical (unpaired) electrons. The Kier molecular flexibility index (Phi) is 3.92. The molecule has 0 bridgehead atoms. The monoisotopic (exact) mass is 206 g/mol. The molecule has 0 aliphatic carbocycles. The second kappa shape index (κ2) is 5.20. The molecule has 0 spiro atoms. The molecule has 0 aromatic heterocycles. The molecule has 0 saturated carbocycles. The molecule has 0 saturated heterocycles. The van der Waals surface area contributed by atoms with E-state index < -0.39 is 0 Å². The van der Waals surface area contributed by atoms with Gasteiger partial charge in [-0.3, -0.25) is 4.79 Å². The molecule has 0 N–H and O–H groups in total. The van der Waals surface area contributed by atoms with Crippen LogP contribution in [0.1, 0.15) is 17.3 Å². The van der Waals surface area contributed by atoms with E-state index in [0.29, 0.717) is 23.7 Å². The van der Waals surface area contributed by atoms with Crippen molar-refractivity contribution in [2.24, 2.45) is 0 Å². The summed E-state index contributed by atoms with van der Waals surface area (Å²) in [5.41, 5.74) is 1.39. The van der Waals surface area contributed by atoms with E-state index in [1.165, 1.54) is 0 Å². The van der Waals surface area contributed by atoms with Crippen LogP contribution in [0.4, 0.5) is 0 Å². The third kappa shape index (κ3) is 3.13. The van der Waals surface area contributed by atoms with E-state index in [-0.39, 0.29) is 0 Å². The Morgan fingerprint density at radius 1 is 1.53 bits per heavy atom. The lowest BCUT2D eigenvalue weighted by Gasteiger charge is -2.09. The second-order valence-electron chi connectivity index (χ2n) is 3.27. The summed E-state index contributed by atoms with van der Waals surface area (Å²) in [6, 6.07) is 5.10. The van der Waals surface area contributed by atoms with Crippen molar-refractivity contribution in [3.8, 4) is 11.5 Å². The van der Waals surface area contributed by atoms with Gasteiger partial charge in [0.15, 0.2) is 6.29 Å². The van der Waals surface area contributed by atoms with Crippen molar-refractivity contribution in [1.82, 2.24) is 0 Å². The van der Waals surface area contributed by atoms with Crippen LogP contribution in [0.15, 0.2) is 30.4 Å². The molecule has 1 aromatic carbocycles. The lowest BCUT2D eigenvalue weighted by atomic mass is 10.2. The van der Waals surface area contributed by atoms with E-state index in [0.717, 1.165) is 11.9 Å². The number of carbonyl (C=O) groups is 1. The predicted octanol–water partition coefficient (Wildman–Crippen LogP) is 2.46. The Hall–Kier alpha value is -1.77. The highest BCUT2D eigenvalue weighted by molar-refractivity contribution is 5.80. The zero-order chi connectivity index (χ0) is 11.3. The molecule has 0 atom stereocenters. The molecule has 3 heteroatoms. The van der Waals surface area contributed by atoms with Crippen LogP contribution in [0.5, 0.6) is 11.5 Å². The van der Waals surface area contributed by atoms with E-state index >= 15 is 0 Å². The SMILES string of the molecule is C=C(C)COc1ccc(OC)cc1C=O. The third-order valence-corrected chi connectivity index (χ3v) is 1.82. The predicted molar refractivity (Wildman–Crippen MR) is 58.7 cm³/mol. The van der Waals surface area contributed by atoms with Crippen LogP contribution in [0.2, 0.25) is 0 Å². The lowest BCUT2D eigenvalue weighted by molar-refractivity contribution is 0.111. The number of aldehydes is 1. The average molecular weight is 206 g/mol. The van der Waals surface area contributed by atoms with Crippen LogP contribution >= 0.6 is 0 Å². The maximum absolute atomic E-state index is 10.8. The van der Waals surface area contributed by atoms with Gasteiger partial charge >= 0.3 is 0 Å². The van der Waals surface area contributed by atoms with Gasteiger partial charge in [0.25, 0.3) is 0 Å². The first-order valence-corrected chi connectivity index (χ1v) is 4.57. The molecule has 0 amide bonds. The van der Waals surface area contributed by atoms with Crippen LogP contribution in [-0.4, -0.2) is 20.0 Å². The zero-order valence-corrected chi connectivity index (χ0v) is 8.95. The second-order valence-corrected chi connectivity index (χ2v) is 3.27. The van der Waals surface area contributed by atoms with E-state index in [4.69, 9.17) is 9.47 Å². The van der Waals surface area contributed by atoms with Crippen molar-refractivity contribution >= 4 is 6.29 Å². The van der Waals surface area contributed by atoms with Crippen molar-refractivity contribution in [3.05, 3.63) is 35.9 Å². The van der Waals surface area contributed by atoms with E-state index in [1.807, 2.05) is 6.92 Å². The molecule has 1 aromatic rings. The molecule has 0 aliphatic rings. The highest BCUT2D eigenvalue weighted by atomic mass is 16.5. The molecule has 15 heavy (non-hydrogen) atoms. The van der Waals surface area contributed by atoms with Crippen molar-refractivity contribution in [2.75, 3.05) is 13.7 Å². The summed E-state index contributed by atoms with van der Waals surface area (Å²) in [7, 11) is 1.55. The van der Waals surface area contributed by atoms with Gasteiger partial charge in [-0.25, -0.2) is 0 Å². The Morgan fingerprint density at radius 3 is 2.80 bits per heavy atom. The van der Waals surface area contributed by atoms with Crippen LogP contribution in [-0.2, 0) is 0 Å². The van der Waals surface area contributed by atoms with Crippen molar-refractivity contribution < 1.29 is 14.3 Å². The van der Waals surface area contributed by atoms with E-state index in [1.54, 1.807) is 25.3 Å². The topological polar surface area (TPSA) is 35.5 Å². The number of carbonyl (C=O) groups excluding carboxylic acids is 1. The smallest absolute Gasteiger partial charge is 0.153 e. The fraction of sp³-hybridized carbons (Fsp3) is 0.250. The van der Waals surface area contributed by atoms with Crippen LogP contribution in [0.25, 0.3) is 0 Å². The maximum Gasteiger partial charge on any atom is 0.153 e. The molecule has 0 unspecified atom stereocenters. The van der Waals surface area contributed by atoms with Crippen molar-refractivity contribution in [1.29, 1.82) is 0 Å². The normalized spacial score (nSPS) is 9.47. The summed E-state index contributed by atoms with van der Waals surface area (Å²) >= 11 is 0. The largest absolute Gasteiger partial charge is 0.497 e. The summed E-state index contributed by atoms with van der Waals surface area (Å²) < 4.78 is 10.4. The molecule has 80 valence electrons. The fourth-order valence-corrected chi connectivity index (χ4v) is 1.08. The minimum atomic E-state index is 0.410. The molecule has 0 heterocycles. The first-order chi connectivity index (χ1) is 7.17. The number of rotatable bonds is 5. The number of hydrogen-bond acceptors (Lipinski definition) is 3. The zero-order valence-electron chi connectivity index (χ0n) is 8.95. The average Bonchev–Trinajstić information content (AvgIpc) is 2.25. The lowest BCUT2D eigenvalue weighted by Crippen LogP contribution is -2.00. The van der Waals surface area contributed by atoms with Gasteiger partial charge in [0, 0.05) is 0 Å². The van der Waals surface area contributed by atoms with Gasteiger partial charge in [0.1, 0.15) is 18.1 Å². The minimum absolute atomic E-state index is 0.410. The number of ether oxygens (including phenoxy) is 2. The van der Waals surface area contributed by atoms with Gasteiger partial charge in [-0.15, -0.1) is 0 Å².